The Hall–Kier alpha value is -1.47. The molecule has 3 rings (SSSR count). The topological polar surface area (TPSA) is 58.1 Å². The van der Waals surface area contributed by atoms with Gasteiger partial charge < -0.3 is 10.2 Å². The molecule has 2 aromatic rings. The van der Waals surface area contributed by atoms with Gasteiger partial charge in [-0.2, -0.15) is 0 Å². The van der Waals surface area contributed by atoms with E-state index in [0.29, 0.717) is 17.2 Å². The molecule has 1 saturated heterocycles. The summed E-state index contributed by atoms with van der Waals surface area (Å²) < 4.78 is 0.921. The molecule has 0 unspecified atom stereocenters. The van der Waals surface area contributed by atoms with Gasteiger partial charge in [-0.15, -0.1) is 11.3 Å². The number of hydrogen-bond acceptors (Lipinski definition) is 5. The van der Waals surface area contributed by atoms with Crippen molar-refractivity contribution in [1.82, 2.24) is 15.3 Å². The molecule has 1 fully saturated rings. The number of nitrogens with zero attached hydrogens (tertiary/aromatic N) is 3. The molecule has 1 aliphatic heterocycles. The lowest BCUT2D eigenvalue weighted by atomic mass is 10.4. The van der Waals surface area contributed by atoms with Gasteiger partial charge >= 0.3 is 0 Å². The molecule has 7 heteroatoms. The van der Waals surface area contributed by atoms with Gasteiger partial charge in [0.25, 0.3) is 5.91 Å². The minimum absolute atomic E-state index is 0.0964. The van der Waals surface area contributed by atoms with Crippen LogP contribution in [0.4, 0.5) is 5.82 Å². The molecular weight excluding hydrogens is 352 g/mol. The van der Waals surface area contributed by atoms with Crippen LogP contribution in [-0.2, 0) is 6.54 Å². The van der Waals surface area contributed by atoms with Crippen LogP contribution < -0.4 is 10.2 Å². The summed E-state index contributed by atoms with van der Waals surface area (Å²) in [6.45, 7) is 2.44. The third-order valence-electron chi connectivity index (χ3n) is 3.32. The highest BCUT2D eigenvalue weighted by Gasteiger charge is 2.14. The number of thiophene rings is 1. The zero-order chi connectivity index (χ0) is 14.7. The van der Waals surface area contributed by atoms with Crippen LogP contribution in [0.15, 0.2) is 28.2 Å². The van der Waals surface area contributed by atoms with Crippen molar-refractivity contribution in [2.24, 2.45) is 0 Å². The summed E-state index contributed by atoms with van der Waals surface area (Å²) in [6, 6.07) is 3.73. The summed E-state index contributed by atoms with van der Waals surface area (Å²) >= 11 is 4.75. The number of aromatic nitrogens is 2. The maximum absolute atomic E-state index is 12.0. The second-order valence-electron chi connectivity index (χ2n) is 4.84. The monoisotopic (exact) mass is 366 g/mol. The van der Waals surface area contributed by atoms with Crippen molar-refractivity contribution in [2.75, 3.05) is 18.0 Å². The maximum atomic E-state index is 12.0. The first kappa shape index (κ1) is 14.5. The standard InChI is InChI=1S/C14H15BrN4OS/c15-10-7-11(21-9-10)14(20)17-8-12-16-4-3-13(18-12)19-5-1-2-6-19/h3-4,7,9H,1-2,5-6,8H2,(H,17,20). The van der Waals surface area contributed by atoms with E-state index in [-0.39, 0.29) is 5.91 Å². The maximum Gasteiger partial charge on any atom is 0.261 e. The second-order valence-corrected chi connectivity index (χ2v) is 6.66. The van der Waals surface area contributed by atoms with Crippen LogP contribution in [0.25, 0.3) is 0 Å². The van der Waals surface area contributed by atoms with Crippen molar-refractivity contribution in [3.05, 3.63) is 38.9 Å². The Morgan fingerprint density at radius 1 is 1.43 bits per heavy atom. The van der Waals surface area contributed by atoms with Crippen LogP contribution in [0, 0.1) is 0 Å². The summed E-state index contributed by atoms with van der Waals surface area (Å²) in [4.78, 5) is 23.7. The minimum atomic E-state index is -0.0964. The van der Waals surface area contributed by atoms with Gasteiger partial charge in [-0.1, -0.05) is 0 Å². The van der Waals surface area contributed by atoms with E-state index < -0.39 is 0 Å². The zero-order valence-electron chi connectivity index (χ0n) is 11.4. The lowest BCUT2D eigenvalue weighted by molar-refractivity contribution is 0.0954. The van der Waals surface area contributed by atoms with Gasteiger partial charge in [-0.25, -0.2) is 9.97 Å². The van der Waals surface area contributed by atoms with Crippen molar-refractivity contribution in [3.63, 3.8) is 0 Å². The number of hydrogen-bond donors (Lipinski definition) is 1. The molecule has 1 amide bonds. The number of halogens is 1. The highest BCUT2D eigenvalue weighted by Crippen LogP contribution is 2.20. The average Bonchev–Trinajstić information content (AvgIpc) is 3.16. The Balaban J connectivity index is 1.62. The van der Waals surface area contributed by atoms with E-state index in [2.05, 4.69) is 36.1 Å². The van der Waals surface area contributed by atoms with Crippen LogP contribution in [0.5, 0.6) is 0 Å². The van der Waals surface area contributed by atoms with Gasteiger partial charge in [-0.3, -0.25) is 4.79 Å². The summed E-state index contributed by atoms with van der Waals surface area (Å²) in [5, 5.41) is 4.74. The fourth-order valence-corrected chi connectivity index (χ4v) is 3.62. The van der Waals surface area contributed by atoms with Gasteiger partial charge in [0.15, 0.2) is 0 Å². The first-order chi connectivity index (χ1) is 10.2. The smallest absolute Gasteiger partial charge is 0.261 e. The number of nitrogens with one attached hydrogen (secondary N) is 1. The van der Waals surface area contributed by atoms with Crippen LogP contribution in [0.3, 0.4) is 0 Å². The Labute approximate surface area is 135 Å². The number of carbonyl (C=O) groups is 1. The quantitative estimate of drug-likeness (QED) is 0.903. The third kappa shape index (κ3) is 3.59. The van der Waals surface area contributed by atoms with Crippen molar-refractivity contribution in [1.29, 1.82) is 0 Å². The van der Waals surface area contributed by atoms with Gasteiger partial charge in [0, 0.05) is 29.1 Å². The molecule has 0 aromatic carbocycles. The summed E-state index contributed by atoms with van der Waals surface area (Å²) in [6.07, 6.45) is 4.18. The normalized spacial score (nSPS) is 14.4. The van der Waals surface area contributed by atoms with Crippen LogP contribution >= 0.6 is 27.3 Å². The van der Waals surface area contributed by atoms with Gasteiger partial charge in [0.1, 0.15) is 11.6 Å². The Morgan fingerprint density at radius 2 is 2.24 bits per heavy atom. The molecule has 0 saturated carbocycles. The number of amides is 1. The molecule has 0 radical (unpaired) electrons. The van der Waals surface area contributed by atoms with Gasteiger partial charge in [-0.05, 0) is 40.9 Å². The molecule has 0 spiro atoms. The van der Waals surface area contributed by atoms with Crippen LogP contribution in [0.2, 0.25) is 0 Å². The summed E-state index contributed by atoms with van der Waals surface area (Å²) in [7, 11) is 0. The number of anilines is 1. The van der Waals surface area contributed by atoms with E-state index in [1.807, 2.05) is 17.5 Å². The SMILES string of the molecule is O=C(NCc1nccc(N2CCCC2)n1)c1cc(Br)cs1. The van der Waals surface area contributed by atoms with Crippen molar-refractivity contribution >= 4 is 39.0 Å². The molecule has 3 heterocycles. The highest BCUT2D eigenvalue weighted by molar-refractivity contribution is 9.10. The van der Waals surface area contributed by atoms with Crippen LogP contribution in [0.1, 0.15) is 28.3 Å². The second kappa shape index (κ2) is 6.53. The molecular formula is C14H15BrN4OS. The zero-order valence-corrected chi connectivity index (χ0v) is 13.8. The lowest BCUT2D eigenvalue weighted by Crippen LogP contribution is -2.24. The fraction of sp³-hybridized carbons (Fsp3) is 0.357. The molecule has 0 bridgehead atoms. The lowest BCUT2D eigenvalue weighted by Gasteiger charge is -2.16. The third-order valence-corrected chi connectivity index (χ3v) is 5.01. The van der Waals surface area contributed by atoms with E-state index in [1.54, 1.807) is 6.20 Å². The first-order valence-electron chi connectivity index (χ1n) is 6.81. The average molecular weight is 367 g/mol. The van der Waals surface area contributed by atoms with E-state index in [9.17, 15) is 4.79 Å². The highest BCUT2D eigenvalue weighted by atomic mass is 79.9. The van der Waals surface area contributed by atoms with E-state index >= 15 is 0 Å². The number of carbonyl (C=O) groups excluding carboxylic acids is 1. The Kier molecular flexibility index (Phi) is 4.50. The van der Waals surface area contributed by atoms with E-state index in [0.717, 1.165) is 23.4 Å². The van der Waals surface area contributed by atoms with Gasteiger partial charge in [0.2, 0.25) is 0 Å². The molecule has 1 N–H and O–H groups in total. The predicted octanol–water partition coefficient (Wildman–Crippen LogP) is 2.83. The predicted molar refractivity (Wildman–Crippen MR) is 86.7 cm³/mol. The van der Waals surface area contributed by atoms with E-state index in [4.69, 9.17) is 0 Å². The Bertz CT molecular complexity index is 639. The summed E-state index contributed by atoms with van der Waals surface area (Å²) in [5.74, 6) is 1.50. The summed E-state index contributed by atoms with van der Waals surface area (Å²) in [5.41, 5.74) is 0. The fourth-order valence-electron chi connectivity index (χ4n) is 2.27. The molecule has 21 heavy (non-hydrogen) atoms. The molecule has 2 aromatic heterocycles. The molecule has 0 atom stereocenters. The molecule has 5 nitrogen and oxygen atoms in total. The minimum Gasteiger partial charge on any atom is -0.357 e. The van der Waals surface area contributed by atoms with E-state index in [1.165, 1.54) is 24.2 Å². The number of rotatable bonds is 4. The molecule has 110 valence electrons. The van der Waals surface area contributed by atoms with Crippen molar-refractivity contribution in [2.45, 2.75) is 19.4 Å². The van der Waals surface area contributed by atoms with Gasteiger partial charge in [0.05, 0.1) is 11.4 Å². The van der Waals surface area contributed by atoms with Crippen molar-refractivity contribution in [3.8, 4) is 0 Å². The Morgan fingerprint density at radius 3 is 2.95 bits per heavy atom. The van der Waals surface area contributed by atoms with Crippen LogP contribution in [-0.4, -0.2) is 29.0 Å². The largest absolute Gasteiger partial charge is 0.357 e. The van der Waals surface area contributed by atoms with Crippen molar-refractivity contribution < 1.29 is 4.79 Å². The molecule has 0 aliphatic carbocycles. The molecule has 1 aliphatic rings. The first-order valence-corrected chi connectivity index (χ1v) is 8.49.